The van der Waals surface area contributed by atoms with E-state index in [2.05, 4.69) is 0 Å². The Morgan fingerprint density at radius 2 is 2.23 bits per heavy atom. The molecule has 0 unspecified atom stereocenters. The van der Waals surface area contributed by atoms with Gasteiger partial charge in [0.2, 0.25) is 0 Å². The van der Waals surface area contributed by atoms with Crippen LogP contribution in [0.1, 0.15) is 0 Å². The summed E-state index contributed by atoms with van der Waals surface area (Å²) in [6, 6.07) is 0. The van der Waals surface area contributed by atoms with E-state index >= 15 is 0 Å². The van der Waals surface area contributed by atoms with Crippen LogP contribution in [0, 0.1) is 0 Å². The van der Waals surface area contributed by atoms with Crippen LogP contribution in [0.2, 0.25) is 0 Å². The maximum atomic E-state index is 10.1. The third kappa shape index (κ3) is 11.4. The zero-order chi connectivity index (χ0) is 9.40. The molecule has 0 bridgehead atoms. The molecule has 0 atom stereocenters. The molecular weight excluding hydrogens is 194 g/mol. The number of carbonyl (C=O) groups is 1. The highest BCUT2D eigenvalue weighted by Gasteiger charge is 1.93. The summed E-state index contributed by atoms with van der Waals surface area (Å²) in [7, 11) is 3.55. The fourth-order valence-electron chi connectivity index (χ4n) is 0.672. The van der Waals surface area contributed by atoms with Crippen LogP contribution in [0.25, 0.3) is 0 Å². The summed E-state index contributed by atoms with van der Waals surface area (Å²) < 4.78 is 4.86. The Morgan fingerprint density at radius 3 is 2.69 bits per heavy atom. The molecule has 0 amide bonds. The van der Waals surface area contributed by atoms with Crippen LogP contribution < -0.4 is 0 Å². The minimum Gasteiger partial charge on any atom is -0.478 e. The molecule has 13 heavy (non-hydrogen) atoms. The first-order valence-electron chi connectivity index (χ1n) is 3.73. The maximum Gasteiger partial charge on any atom is 0.328 e. The van der Waals surface area contributed by atoms with E-state index in [1.807, 2.05) is 11.9 Å². The van der Waals surface area contributed by atoms with E-state index in [1.165, 1.54) is 0 Å². The number of hydrogen-bond acceptors (Lipinski definition) is 3. The number of ether oxygens (including phenoxy) is 1. The van der Waals surface area contributed by atoms with Gasteiger partial charge in [-0.2, -0.15) is 0 Å². The molecule has 78 valence electrons. The Hall–Kier alpha value is -0.580. The standard InChI is InChI=1S/C8H15NO3.ClH/c1-9(6-7-12-2)5-3-4-8(10)11;/h3-4H,5-7H2,1-2H3,(H,10,11);1H/b4-3+;. The summed E-state index contributed by atoms with van der Waals surface area (Å²) in [4.78, 5) is 12.0. The van der Waals surface area contributed by atoms with Gasteiger partial charge in [-0.25, -0.2) is 4.79 Å². The number of nitrogens with zero attached hydrogens (tertiary/aromatic N) is 1. The zero-order valence-corrected chi connectivity index (χ0v) is 8.71. The molecule has 0 aliphatic heterocycles. The minimum atomic E-state index is -0.907. The zero-order valence-electron chi connectivity index (χ0n) is 7.90. The van der Waals surface area contributed by atoms with Crippen molar-refractivity contribution in [1.29, 1.82) is 0 Å². The van der Waals surface area contributed by atoms with Crippen LogP contribution in [-0.4, -0.2) is 49.8 Å². The maximum absolute atomic E-state index is 10.1. The van der Waals surface area contributed by atoms with Gasteiger partial charge in [0.15, 0.2) is 0 Å². The van der Waals surface area contributed by atoms with E-state index in [9.17, 15) is 4.79 Å². The molecular formula is C8H16ClNO3. The molecule has 0 spiro atoms. The number of halogens is 1. The van der Waals surface area contributed by atoms with E-state index in [0.29, 0.717) is 13.2 Å². The van der Waals surface area contributed by atoms with Gasteiger partial charge in [-0.3, -0.25) is 0 Å². The predicted octanol–water partition coefficient (Wildman–Crippen LogP) is 0.627. The molecule has 0 fully saturated rings. The summed E-state index contributed by atoms with van der Waals surface area (Å²) in [5.74, 6) is -0.907. The lowest BCUT2D eigenvalue weighted by Crippen LogP contribution is -2.22. The second kappa shape index (κ2) is 9.51. The topological polar surface area (TPSA) is 49.8 Å². The monoisotopic (exact) mass is 209 g/mol. The van der Waals surface area contributed by atoms with Crippen molar-refractivity contribution in [1.82, 2.24) is 4.90 Å². The van der Waals surface area contributed by atoms with Gasteiger partial charge in [0.05, 0.1) is 6.61 Å². The van der Waals surface area contributed by atoms with Crippen molar-refractivity contribution in [2.75, 3.05) is 33.9 Å². The van der Waals surface area contributed by atoms with Crippen LogP contribution in [0.5, 0.6) is 0 Å². The molecule has 0 radical (unpaired) electrons. The molecule has 0 rings (SSSR count). The molecule has 1 N–H and O–H groups in total. The van der Waals surface area contributed by atoms with E-state index in [-0.39, 0.29) is 12.4 Å². The molecule has 0 aromatic carbocycles. The Labute approximate surface area is 84.6 Å². The van der Waals surface area contributed by atoms with E-state index in [4.69, 9.17) is 9.84 Å². The highest BCUT2D eigenvalue weighted by Crippen LogP contribution is 1.83. The summed E-state index contributed by atoms with van der Waals surface area (Å²) in [5, 5.41) is 8.27. The molecule has 0 saturated heterocycles. The van der Waals surface area contributed by atoms with Gasteiger partial charge in [0.25, 0.3) is 0 Å². The number of carboxylic acids is 1. The second-order valence-electron chi connectivity index (χ2n) is 2.50. The van der Waals surface area contributed by atoms with Crippen molar-refractivity contribution in [2.45, 2.75) is 0 Å². The molecule has 0 aromatic rings. The lowest BCUT2D eigenvalue weighted by molar-refractivity contribution is -0.131. The number of aliphatic carboxylic acids is 1. The van der Waals surface area contributed by atoms with E-state index < -0.39 is 5.97 Å². The van der Waals surface area contributed by atoms with Gasteiger partial charge in [0, 0.05) is 26.3 Å². The molecule has 4 nitrogen and oxygen atoms in total. The van der Waals surface area contributed by atoms with Crippen LogP contribution in [0.3, 0.4) is 0 Å². The Bertz CT molecular complexity index is 161. The first-order valence-corrected chi connectivity index (χ1v) is 3.73. The summed E-state index contributed by atoms with van der Waals surface area (Å²) in [5.41, 5.74) is 0. The number of rotatable bonds is 6. The predicted molar refractivity (Wildman–Crippen MR) is 53.4 cm³/mol. The van der Waals surface area contributed by atoms with Gasteiger partial charge in [-0.1, -0.05) is 6.08 Å². The number of carboxylic acid groups (broad SMARTS) is 1. The van der Waals surface area contributed by atoms with Gasteiger partial charge in [-0.05, 0) is 7.05 Å². The summed E-state index contributed by atoms with van der Waals surface area (Å²) in [6.07, 6.45) is 2.75. The normalized spacial score (nSPS) is 10.4. The third-order valence-corrected chi connectivity index (χ3v) is 1.35. The van der Waals surface area contributed by atoms with Gasteiger partial charge >= 0.3 is 5.97 Å². The Morgan fingerprint density at radius 1 is 1.62 bits per heavy atom. The minimum absolute atomic E-state index is 0. The van der Waals surface area contributed by atoms with Gasteiger partial charge in [0.1, 0.15) is 0 Å². The first kappa shape index (κ1) is 14.9. The molecule has 0 heterocycles. The van der Waals surface area contributed by atoms with Crippen molar-refractivity contribution < 1.29 is 14.6 Å². The van der Waals surface area contributed by atoms with Gasteiger partial charge in [-0.15, -0.1) is 12.4 Å². The summed E-state index contributed by atoms with van der Waals surface area (Å²) >= 11 is 0. The molecule has 0 aromatic heterocycles. The summed E-state index contributed by atoms with van der Waals surface area (Å²) in [6.45, 7) is 2.10. The third-order valence-electron chi connectivity index (χ3n) is 1.35. The van der Waals surface area contributed by atoms with Crippen LogP contribution in [-0.2, 0) is 9.53 Å². The average Bonchev–Trinajstić information content (AvgIpc) is 2.00. The highest BCUT2D eigenvalue weighted by molar-refractivity contribution is 5.85. The van der Waals surface area contributed by atoms with Crippen LogP contribution in [0.4, 0.5) is 0 Å². The van der Waals surface area contributed by atoms with Crippen molar-refractivity contribution in [3.8, 4) is 0 Å². The fraction of sp³-hybridized carbons (Fsp3) is 0.625. The molecule has 0 aliphatic carbocycles. The number of hydrogen-bond donors (Lipinski definition) is 1. The largest absolute Gasteiger partial charge is 0.478 e. The Kier molecular flexibility index (Phi) is 10.9. The van der Waals surface area contributed by atoms with Crippen molar-refractivity contribution in [3.63, 3.8) is 0 Å². The fourth-order valence-corrected chi connectivity index (χ4v) is 0.672. The SMILES string of the molecule is COCCN(C)C/C=C/C(=O)O.Cl. The highest BCUT2D eigenvalue weighted by atomic mass is 35.5. The number of methoxy groups -OCH3 is 1. The molecule has 0 aliphatic rings. The van der Waals surface area contributed by atoms with Crippen molar-refractivity contribution >= 4 is 18.4 Å². The smallest absolute Gasteiger partial charge is 0.328 e. The van der Waals surface area contributed by atoms with Crippen molar-refractivity contribution in [2.24, 2.45) is 0 Å². The van der Waals surface area contributed by atoms with Gasteiger partial charge < -0.3 is 14.7 Å². The first-order chi connectivity index (χ1) is 5.66. The average molecular weight is 210 g/mol. The second-order valence-corrected chi connectivity index (χ2v) is 2.50. The van der Waals surface area contributed by atoms with E-state index in [1.54, 1.807) is 13.2 Å². The quantitative estimate of drug-likeness (QED) is 0.652. The lowest BCUT2D eigenvalue weighted by Gasteiger charge is -2.12. The molecule has 5 heteroatoms. The van der Waals surface area contributed by atoms with E-state index in [0.717, 1.165) is 12.6 Å². The van der Waals surface area contributed by atoms with Crippen LogP contribution in [0.15, 0.2) is 12.2 Å². The van der Waals surface area contributed by atoms with Crippen molar-refractivity contribution in [3.05, 3.63) is 12.2 Å². The van der Waals surface area contributed by atoms with Crippen LogP contribution >= 0.6 is 12.4 Å². The molecule has 0 saturated carbocycles. The lowest BCUT2D eigenvalue weighted by atomic mass is 10.4. The Balaban J connectivity index is 0. The number of likely N-dealkylation sites (N-methyl/N-ethyl adjacent to an activating group) is 1.